The van der Waals surface area contributed by atoms with E-state index in [1.54, 1.807) is 0 Å². The van der Waals surface area contributed by atoms with Crippen LogP contribution in [-0.2, 0) is 0 Å². The van der Waals surface area contributed by atoms with E-state index in [0.717, 1.165) is 12.3 Å². The number of nitriles is 1. The molecule has 1 heterocycles. The van der Waals surface area contributed by atoms with Crippen molar-refractivity contribution in [3.05, 3.63) is 65.7 Å². The first-order valence-corrected chi connectivity index (χ1v) is 9.70. The van der Waals surface area contributed by atoms with E-state index in [9.17, 15) is 0 Å². The first kappa shape index (κ1) is 18.5. The second kappa shape index (κ2) is 9.40. The molecule has 0 N–H and O–H groups in total. The van der Waals surface area contributed by atoms with E-state index >= 15 is 0 Å². The number of benzene rings is 2. The molecule has 0 saturated carbocycles. The highest BCUT2D eigenvalue weighted by Crippen LogP contribution is 2.33. The molecule has 0 radical (unpaired) electrons. The number of nitrogens with zero attached hydrogens (tertiary/aromatic N) is 2. The summed E-state index contributed by atoms with van der Waals surface area (Å²) >= 11 is 0. The van der Waals surface area contributed by atoms with Gasteiger partial charge in [0.1, 0.15) is 5.75 Å². The lowest BCUT2D eigenvalue weighted by molar-refractivity contribution is 0.110. The summed E-state index contributed by atoms with van der Waals surface area (Å²) in [5.74, 6) is 1.88. The van der Waals surface area contributed by atoms with Gasteiger partial charge in [-0.3, -0.25) is 0 Å². The van der Waals surface area contributed by atoms with E-state index in [1.807, 2.05) is 24.3 Å². The smallest absolute Gasteiger partial charge is 0.119 e. The van der Waals surface area contributed by atoms with E-state index in [0.29, 0.717) is 24.0 Å². The van der Waals surface area contributed by atoms with E-state index in [-0.39, 0.29) is 0 Å². The van der Waals surface area contributed by atoms with Gasteiger partial charge in [0, 0.05) is 12.5 Å². The van der Waals surface area contributed by atoms with Crippen LogP contribution in [0.5, 0.6) is 5.75 Å². The monoisotopic (exact) mass is 348 g/mol. The van der Waals surface area contributed by atoms with Crippen molar-refractivity contribution in [2.24, 2.45) is 5.92 Å². The molecule has 2 aromatic rings. The van der Waals surface area contributed by atoms with Gasteiger partial charge in [-0.2, -0.15) is 5.26 Å². The molecule has 0 spiro atoms. The van der Waals surface area contributed by atoms with Gasteiger partial charge in [0.2, 0.25) is 0 Å². The molecule has 0 amide bonds. The molecule has 1 saturated heterocycles. The fourth-order valence-corrected chi connectivity index (χ4v) is 3.83. The van der Waals surface area contributed by atoms with Crippen LogP contribution in [0, 0.1) is 17.2 Å². The minimum absolute atomic E-state index is 0.485. The second-order valence-electron chi connectivity index (χ2n) is 7.17. The summed E-state index contributed by atoms with van der Waals surface area (Å²) in [6.45, 7) is 6.42. The molecule has 2 aromatic carbocycles. The number of ether oxygens (including phenoxy) is 1. The third-order valence-corrected chi connectivity index (χ3v) is 5.32. The summed E-state index contributed by atoms with van der Waals surface area (Å²) < 4.78 is 6.11. The fourth-order valence-electron chi connectivity index (χ4n) is 3.83. The predicted molar refractivity (Wildman–Crippen MR) is 105 cm³/mol. The zero-order valence-electron chi connectivity index (χ0n) is 15.6. The topological polar surface area (TPSA) is 36.3 Å². The zero-order chi connectivity index (χ0) is 18.2. The Morgan fingerprint density at radius 2 is 1.88 bits per heavy atom. The molecule has 1 fully saturated rings. The van der Waals surface area contributed by atoms with Crippen molar-refractivity contribution in [1.29, 1.82) is 5.26 Å². The molecule has 0 aromatic heterocycles. The van der Waals surface area contributed by atoms with Crippen LogP contribution in [0.25, 0.3) is 0 Å². The summed E-state index contributed by atoms with van der Waals surface area (Å²) in [6, 6.07) is 20.4. The van der Waals surface area contributed by atoms with E-state index < -0.39 is 0 Å². The Bertz CT molecular complexity index is 705. The molecule has 0 aliphatic carbocycles. The van der Waals surface area contributed by atoms with Crippen LogP contribution in [0.3, 0.4) is 0 Å². The molecule has 0 unspecified atom stereocenters. The van der Waals surface area contributed by atoms with Crippen LogP contribution in [-0.4, -0.2) is 31.1 Å². The SMILES string of the molecule is CCCCN1CC[C@@H](c2ccccc2)[C@@H](COc2ccc(C#N)cc2)C1. The van der Waals surface area contributed by atoms with Gasteiger partial charge in [0.05, 0.1) is 18.2 Å². The third-order valence-electron chi connectivity index (χ3n) is 5.32. The normalized spacial score (nSPS) is 20.5. The molecule has 3 heteroatoms. The maximum absolute atomic E-state index is 8.93. The van der Waals surface area contributed by atoms with Gasteiger partial charge in [0.25, 0.3) is 0 Å². The Morgan fingerprint density at radius 3 is 2.58 bits per heavy atom. The van der Waals surface area contributed by atoms with Crippen molar-refractivity contribution in [2.45, 2.75) is 32.1 Å². The van der Waals surface area contributed by atoms with Crippen LogP contribution >= 0.6 is 0 Å². The number of likely N-dealkylation sites (tertiary alicyclic amines) is 1. The van der Waals surface area contributed by atoms with E-state index in [4.69, 9.17) is 10.00 Å². The summed E-state index contributed by atoms with van der Waals surface area (Å²) in [5.41, 5.74) is 2.10. The van der Waals surface area contributed by atoms with Gasteiger partial charge < -0.3 is 9.64 Å². The van der Waals surface area contributed by atoms with Gasteiger partial charge in [-0.05, 0) is 61.7 Å². The van der Waals surface area contributed by atoms with Crippen LogP contribution in [0.15, 0.2) is 54.6 Å². The number of rotatable bonds is 7. The van der Waals surface area contributed by atoms with Crippen molar-refractivity contribution >= 4 is 0 Å². The van der Waals surface area contributed by atoms with Gasteiger partial charge in [-0.15, -0.1) is 0 Å². The number of hydrogen-bond acceptors (Lipinski definition) is 3. The first-order chi connectivity index (χ1) is 12.8. The van der Waals surface area contributed by atoms with Gasteiger partial charge >= 0.3 is 0 Å². The highest BCUT2D eigenvalue weighted by atomic mass is 16.5. The summed E-state index contributed by atoms with van der Waals surface area (Å²) in [5, 5.41) is 8.93. The third kappa shape index (κ3) is 4.86. The number of hydrogen-bond donors (Lipinski definition) is 0. The average molecular weight is 348 g/mol. The van der Waals surface area contributed by atoms with E-state index in [1.165, 1.54) is 37.9 Å². The van der Waals surface area contributed by atoms with Crippen LogP contribution in [0.2, 0.25) is 0 Å². The molecule has 3 nitrogen and oxygen atoms in total. The van der Waals surface area contributed by atoms with Crippen molar-refractivity contribution < 1.29 is 4.74 Å². The summed E-state index contributed by atoms with van der Waals surface area (Å²) in [7, 11) is 0. The first-order valence-electron chi connectivity index (χ1n) is 9.70. The lowest BCUT2D eigenvalue weighted by Gasteiger charge is -2.38. The minimum atomic E-state index is 0.485. The highest BCUT2D eigenvalue weighted by Gasteiger charge is 2.30. The Labute approximate surface area is 157 Å². The number of unbranched alkanes of at least 4 members (excludes halogenated alkanes) is 1. The van der Waals surface area contributed by atoms with Gasteiger partial charge in [0.15, 0.2) is 0 Å². The highest BCUT2D eigenvalue weighted by molar-refractivity contribution is 5.34. The molecule has 2 atom stereocenters. The van der Waals surface area contributed by atoms with Crippen LogP contribution < -0.4 is 4.74 Å². The Hall–Kier alpha value is -2.31. The van der Waals surface area contributed by atoms with Crippen molar-refractivity contribution in [2.75, 3.05) is 26.2 Å². The lowest BCUT2D eigenvalue weighted by Crippen LogP contribution is -2.42. The quantitative estimate of drug-likeness (QED) is 0.718. The van der Waals surface area contributed by atoms with Crippen LogP contribution in [0.1, 0.15) is 43.2 Å². The Balaban J connectivity index is 1.67. The Morgan fingerprint density at radius 1 is 1.12 bits per heavy atom. The van der Waals surface area contributed by atoms with Crippen LogP contribution in [0.4, 0.5) is 0 Å². The lowest BCUT2D eigenvalue weighted by atomic mass is 9.81. The summed E-state index contributed by atoms with van der Waals surface area (Å²) in [6.07, 6.45) is 3.69. The maximum Gasteiger partial charge on any atom is 0.119 e. The second-order valence-corrected chi connectivity index (χ2v) is 7.17. The van der Waals surface area contributed by atoms with Crippen molar-refractivity contribution in [3.63, 3.8) is 0 Å². The molecular weight excluding hydrogens is 320 g/mol. The molecule has 0 bridgehead atoms. The minimum Gasteiger partial charge on any atom is -0.493 e. The van der Waals surface area contributed by atoms with Gasteiger partial charge in [-0.25, -0.2) is 0 Å². The Kier molecular flexibility index (Phi) is 6.68. The standard InChI is InChI=1S/C23H28N2O/c1-2-3-14-25-15-13-23(20-7-5-4-6-8-20)21(17-25)18-26-22-11-9-19(16-24)10-12-22/h4-12,21,23H,2-3,13-15,17-18H2,1H3/t21-,23+/m1/s1. The van der Waals surface area contributed by atoms with Gasteiger partial charge in [-0.1, -0.05) is 43.7 Å². The molecular formula is C23H28N2O. The molecule has 136 valence electrons. The van der Waals surface area contributed by atoms with Crippen molar-refractivity contribution in [1.82, 2.24) is 4.90 Å². The predicted octanol–water partition coefficient (Wildman–Crippen LogP) is 4.84. The molecule has 3 rings (SSSR count). The van der Waals surface area contributed by atoms with E-state index in [2.05, 4.69) is 48.2 Å². The fraction of sp³-hybridized carbons (Fsp3) is 0.435. The summed E-state index contributed by atoms with van der Waals surface area (Å²) in [4.78, 5) is 2.59. The molecule has 26 heavy (non-hydrogen) atoms. The van der Waals surface area contributed by atoms with Crippen molar-refractivity contribution in [3.8, 4) is 11.8 Å². The maximum atomic E-state index is 8.93. The zero-order valence-corrected chi connectivity index (χ0v) is 15.6. The molecule has 1 aliphatic heterocycles. The number of piperidine rings is 1. The largest absolute Gasteiger partial charge is 0.493 e. The average Bonchev–Trinajstić information content (AvgIpc) is 2.71. The molecule has 1 aliphatic rings.